The molecule has 0 aliphatic carbocycles. The summed E-state index contributed by atoms with van der Waals surface area (Å²) in [5.74, 6) is 6.26. The standard InChI is InChI=1S/C15H24N2O/c1-10-5-4-6-11(2)14(10)8-15(17-16)13-7-12(3)18-9-13/h4-6,12-13,15,17H,7-9,16H2,1-3H3. The maximum absolute atomic E-state index is 5.74. The van der Waals surface area contributed by atoms with E-state index in [9.17, 15) is 0 Å². The molecule has 1 aliphatic heterocycles. The molecule has 3 heteroatoms. The molecule has 3 atom stereocenters. The largest absolute Gasteiger partial charge is 0.378 e. The van der Waals surface area contributed by atoms with E-state index in [-0.39, 0.29) is 0 Å². The first-order valence-electron chi connectivity index (χ1n) is 6.74. The summed E-state index contributed by atoms with van der Waals surface area (Å²) >= 11 is 0. The monoisotopic (exact) mass is 248 g/mol. The van der Waals surface area contributed by atoms with Crippen LogP contribution in [0, 0.1) is 19.8 Å². The lowest BCUT2D eigenvalue weighted by Crippen LogP contribution is -2.43. The highest BCUT2D eigenvalue weighted by Crippen LogP contribution is 2.25. The van der Waals surface area contributed by atoms with Crippen molar-refractivity contribution in [2.75, 3.05) is 6.61 Å². The quantitative estimate of drug-likeness (QED) is 0.633. The van der Waals surface area contributed by atoms with E-state index in [1.54, 1.807) is 0 Å². The van der Waals surface area contributed by atoms with Crippen molar-refractivity contribution < 1.29 is 4.74 Å². The molecule has 3 N–H and O–H groups in total. The van der Waals surface area contributed by atoms with E-state index in [1.165, 1.54) is 16.7 Å². The Morgan fingerprint density at radius 1 is 1.39 bits per heavy atom. The minimum atomic E-state index is 0.301. The van der Waals surface area contributed by atoms with E-state index in [4.69, 9.17) is 10.6 Å². The molecular formula is C15H24N2O. The maximum Gasteiger partial charge on any atom is 0.0551 e. The summed E-state index contributed by atoms with van der Waals surface area (Å²) in [6, 6.07) is 6.75. The SMILES string of the molecule is Cc1cccc(C)c1CC(NN)C1COC(C)C1. The predicted octanol–water partition coefficient (Wildman–Crippen LogP) is 2.10. The summed E-state index contributed by atoms with van der Waals surface area (Å²) in [6.07, 6.45) is 2.44. The molecule has 0 radical (unpaired) electrons. The molecule has 3 unspecified atom stereocenters. The molecule has 1 aromatic rings. The lowest BCUT2D eigenvalue weighted by molar-refractivity contribution is 0.117. The van der Waals surface area contributed by atoms with Crippen LogP contribution in [0.5, 0.6) is 0 Å². The number of nitrogens with two attached hydrogens (primary N) is 1. The molecule has 18 heavy (non-hydrogen) atoms. The summed E-state index contributed by atoms with van der Waals surface area (Å²) in [4.78, 5) is 0. The summed E-state index contributed by atoms with van der Waals surface area (Å²) in [7, 11) is 0. The lowest BCUT2D eigenvalue weighted by atomic mass is 9.89. The molecule has 0 spiro atoms. The van der Waals surface area contributed by atoms with Crippen LogP contribution in [-0.4, -0.2) is 18.8 Å². The molecule has 1 fully saturated rings. The molecule has 1 saturated heterocycles. The van der Waals surface area contributed by atoms with Crippen LogP contribution in [0.3, 0.4) is 0 Å². The van der Waals surface area contributed by atoms with Gasteiger partial charge in [-0.2, -0.15) is 0 Å². The van der Waals surface area contributed by atoms with Gasteiger partial charge in [0.1, 0.15) is 0 Å². The molecule has 0 amide bonds. The van der Waals surface area contributed by atoms with Gasteiger partial charge < -0.3 is 4.74 Å². The topological polar surface area (TPSA) is 47.3 Å². The Balaban J connectivity index is 2.10. The van der Waals surface area contributed by atoms with Gasteiger partial charge in [-0.1, -0.05) is 18.2 Å². The molecule has 1 heterocycles. The Labute approximate surface area is 110 Å². The van der Waals surface area contributed by atoms with Crippen LogP contribution in [0.25, 0.3) is 0 Å². The average molecular weight is 248 g/mol. The van der Waals surface area contributed by atoms with E-state index >= 15 is 0 Å². The van der Waals surface area contributed by atoms with E-state index in [0.717, 1.165) is 19.4 Å². The first kappa shape index (κ1) is 13.5. The second kappa shape index (κ2) is 5.83. The van der Waals surface area contributed by atoms with Gasteiger partial charge >= 0.3 is 0 Å². The normalized spacial score (nSPS) is 25.3. The smallest absolute Gasteiger partial charge is 0.0551 e. The number of rotatable bonds is 4. The summed E-state index contributed by atoms with van der Waals surface area (Å²) in [5, 5.41) is 0. The fourth-order valence-electron chi connectivity index (χ4n) is 2.88. The van der Waals surface area contributed by atoms with Gasteiger partial charge in [0.05, 0.1) is 12.7 Å². The fraction of sp³-hybridized carbons (Fsp3) is 0.600. The lowest BCUT2D eigenvalue weighted by Gasteiger charge is -2.23. The van der Waals surface area contributed by atoms with Gasteiger partial charge in [-0.05, 0) is 50.3 Å². The van der Waals surface area contributed by atoms with Crippen molar-refractivity contribution in [3.05, 3.63) is 34.9 Å². The van der Waals surface area contributed by atoms with Gasteiger partial charge in [-0.15, -0.1) is 0 Å². The Morgan fingerprint density at radius 2 is 2.06 bits per heavy atom. The summed E-state index contributed by atoms with van der Waals surface area (Å²) in [5.41, 5.74) is 7.10. The third-order valence-corrected chi connectivity index (χ3v) is 4.08. The highest BCUT2D eigenvalue weighted by Gasteiger charge is 2.29. The predicted molar refractivity (Wildman–Crippen MR) is 74.3 cm³/mol. The summed E-state index contributed by atoms with van der Waals surface area (Å²) < 4.78 is 5.65. The highest BCUT2D eigenvalue weighted by molar-refractivity contribution is 5.34. The van der Waals surface area contributed by atoms with Gasteiger partial charge in [-0.25, -0.2) is 0 Å². The molecule has 0 saturated carbocycles. The third kappa shape index (κ3) is 2.91. The number of hydrazine groups is 1. The second-order valence-electron chi connectivity index (χ2n) is 5.49. The number of nitrogens with one attached hydrogen (secondary N) is 1. The Kier molecular flexibility index (Phi) is 4.38. The Bertz CT molecular complexity index is 385. The molecule has 2 rings (SSSR count). The van der Waals surface area contributed by atoms with Crippen LogP contribution in [0.15, 0.2) is 18.2 Å². The fourth-order valence-corrected chi connectivity index (χ4v) is 2.88. The third-order valence-electron chi connectivity index (χ3n) is 4.08. The van der Waals surface area contributed by atoms with Crippen LogP contribution in [0.4, 0.5) is 0 Å². The Morgan fingerprint density at radius 3 is 2.56 bits per heavy atom. The highest BCUT2D eigenvalue weighted by atomic mass is 16.5. The van der Waals surface area contributed by atoms with Gasteiger partial charge in [0, 0.05) is 12.0 Å². The zero-order valence-corrected chi connectivity index (χ0v) is 11.6. The van der Waals surface area contributed by atoms with E-state index in [0.29, 0.717) is 18.1 Å². The molecule has 100 valence electrons. The second-order valence-corrected chi connectivity index (χ2v) is 5.49. The van der Waals surface area contributed by atoms with Crippen LogP contribution < -0.4 is 11.3 Å². The first-order chi connectivity index (χ1) is 8.61. The van der Waals surface area contributed by atoms with Crippen LogP contribution >= 0.6 is 0 Å². The van der Waals surface area contributed by atoms with E-state index in [1.807, 2.05) is 0 Å². The maximum atomic E-state index is 5.74. The summed E-state index contributed by atoms with van der Waals surface area (Å²) in [6.45, 7) is 7.29. The molecule has 1 aliphatic rings. The number of aryl methyl sites for hydroxylation is 2. The van der Waals surface area contributed by atoms with Crippen LogP contribution in [0.1, 0.15) is 30.0 Å². The zero-order valence-electron chi connectivity index (χ0n) is 11.6. The minimum Gasteiger partial charge on any atom is -0.378 e. The number of ether oxygens (including phenoxy) is 1. The first-order valence-corrected chi connectivity index (χ1v) is 6.74. The van der Waals surface area contributed by atoms with Crippen molar-refractivity contribution in [1.29, 1.82) is 0 Å². The average Bonchev–Trinajstić information content (AvgIpc) is 2.76. The number of benzene rings is 1. The van der Waals surface area contributed by atoms with Gasteiger partial charge in [-0.3, -0.25) is 11.3 Å². The van der Waals surface area contributed by atoms with E-state index < -0.39 is 0 Å². The molecule has 0 aromatic heterocycles. The van der Waals surface area contributed by atoms with Gasteiger partial charge in [0.25, 0.3) is 0 Å². The van der Waals surface area contributed by atoms with Crippen molar-refractivity contribution >= 4 is 0 Å². The number of hydrogen-bond donors (Lipinski definition) is 2. The minimum absolute atomic E-state index is 0.301. The molecule has 0 bridgehead atoms. The van der Waals surface area contributed by atoms with Crippen molar-refractivity contribution in [2.45, 2.75) is 45.8 Å². The van der Waals surface area contributed by atoms with Gasteiger partial charge in [0.15, 0.2) is 0 Å². The van der Waals surface area contributed by atoms with Crippen LogP contribution in [0.2, 0.25) is 0 Å². The van der Waals surface area contributed by atoms with Crippen molar-refractivity contribution in [2.24, 2.45) is 11.8 Å². The molecular weight excluding hydrogens is 224 g/mol. The van der Waals surface area contributed by atoms with Crippen LogP contribution in [-0.2, 0) is 11.2 Å². The van der Waals surface area contributed by atoms with E-state index in [2.05, 4.69) is 44.4 Å². The molecule has 1 aromatic carbocycles. The zero-order chi connectivity index (χ0) is 13.1. The Hall–Kier alpha value is -0.900. The molecule has 3 nitrogen and oxygen atoms in total. The van der Waals surface area contributed by atoms with Crippen molar-refractivity contribution in [1.82, 2.24) is 5.43 Å². The number of hydrogen-bond acceptors (Lipinski definition) is 3. The van der Waals surface area contributed by atoms with Crippen molar-refractivity contribution in [3.63, 3.8) is 0 Å². The van der Waals surface area contributed by atoms with Crippen molar-refractivity contribution in [3.8, 4) is 0 Å². The van der Waals surface area contributed by atoms with Gasteiger partial charge in [0.2, 0.25) is 0 Å².